The van der Waals surface area contributed by atoms with Gasteiger partial charge in [-0.25, -0.2) is 48.7 Å². The van der Waals surface area contributed by atoms with Crippen molar-refractivity contribution in [2.24, 2.45) is 5.41 Å². The minimum Gasteiger partial charge on any atom is -0.398 e. The lowest BCUT2D eigenvalue weighted by atomic mass is 9.36. The third kappa shape index (κ3) is 1.61. The summed E-state index contributed by atoms with van der Waals surface area (Å²) >= 11 is 0. The van der Waals surface area contributed by atoms with E-state index in [9.17, 15) is 83.8 Å². The summed E-state index contributed by atoms with van der Waals surface area (Å²) in [4.78, 5) is 10.6. The second-order valence-corrected chi connectivity index (χ2v) is 7.30. The van der Waals surface area contributed by atoms with Gasteiger partial charge in [0, 0.05) is 0 Å². The Morgan fingerprint density at radius 1 is 0.545 bits per heavy atom. The van der Waals surface area contributed by atoms with Crippen molar-refractivity contribution in [1.29, 1.82) is 0 Å². The second kappa shape index (κ2) is 5.38. The first-order chi connectivity index (χ1) is 14.2. The zero-order valence-electron chi connectivity index (χ0n) is 14.3. The van der Waals surface area contributed by atoms with Gasteiger partial charge in [0.05, 0.1) is 0 Å². The van der Waals surface area contributed by atoms with Crippen LogP contribution in [0.5, 0.6) is 0 Å². The number of alkyl halides is 18. The molecule has 33 heavy (non-hydrogen) atoms. The predicted octanol–water partition coefficient (Wildman–Crippen LogP) is 5.06. The van der Waals surface area contributed by atoms with Crippen molar-refractivity contribution < 1.29 is 88.6 Å². The molecular formula is C13H2F18O2. The molecule has 4 saturated carbocycles. The van der Waals surface area contributed by atoms with E-state index in [0.29, 0.717) is 0 Å². The number of rotatable bonds is 3. The third-order valence-electron chi connectivity index (χ3n) is 6.09. The Labute approximate surface area is 166 Å². The Bertz CT molecular complexity index is 809. The second-order valence-electron chi connectivity index (χ2n) is 7.30. The van der Waals surface area contributed by atoms with Crippen LogP contribution in [0.25, 0.3) is 0 Å². The summed E-state index contributed by atoms with van der Waals surface area (Å²) in [5.74, 6) is -53.6. The van der Waals surface area contributed by atoms with Crippen molar-refractivity contribution in [3.8, 4) is 0 Å². The number of hydrogen-bond donors (Lipinski definition) is 0. The molecule has 0 aromatic rings. The Kier molecular flexibility index (Phi) is 4.21. The number of esters is 1. The SMILES string of the molecule is O=C(CF)OC(F)(F)C12C(F)(F)C3(F)C(F)(F)C(F)(C(F)(F)C(F)(C3(F)F)C1(F)F)C2(F)F. The van der Waals surface area contributed by atoms with Crippen LogP contribution in [0, 0.1) is 5.41 Å². The molecule has 4 aliphatic carbocycles. The van der Waals surface area contributed by atoms with Gasteiger partial charge in [-0.05, 0) is 0 Å². The minimum atomic E-state index is -8.47. The monoisotopic (exact) mass is 532 g/mol. The lowest BCUT2D eigenvalue weighted by Gasteiger charge is -2.75. The summed E-state index contributed by atoms with van der Waals surface area (Å²) in [6.07, 6.45) is -7.85. The highest BCUT2D eigenvalue weighted by atomic mass is 19.4. The van der Waals surface area contributed by atoms with Crippen molar-refractivity contribution in [3.63, 3.8) is 0 Å². The zero-order valence-corrected chi connectivity index (χ0v) is 14.3. The lowest BCUT2D eigenvalue weighted by molar-refractivity contribution is -0.638. The molecule has 0 spiro atoms. The molecule has 0 N–H and O–H groups in total. The molecule has 0 aromatic carbocycles. The van der Waals surface area contributed by atoms with Gasteiger partial charge < -0.3 is 4.74 Å². The first-order valence-electron chi connectivity index (χ1n) is 7.70. The molecule has 0 radical (unpaired) electrons. The van der Waals surface area contributed by atoms with E-state index in [1.54, 1.807) is 0 Å². The number of carbonyl (C=O) groups excluding carboxylic acids is 1. The molecule has 4 bridgehead atoms. The van der Waals surface area contributed by atoms with E-state index < -0.39 is 76.7 Å². The molecule has 0 heterocycles. The maximum Gasteiger partial charge on any atom is 0.424 e. The molecule has 0 unspecified atom stereocenters. The summed E-state index contributed by atoms with van der Waals surface area (Å²) in [5.41, 5.74) is -33.2. The Balaban J connectivity index is 2.72. The number of ether oxygens (including phenoxy) is 1. The summed E-state index contributed by atoms with van der Waals surface area (Å²) in [6.45, 7) is -3.03. The van der Waals surface area contributed by atoms with E-state index in [4.69, 9.17) is 0 Å². The molecule has 4 rings (SSSR count). The molecule has 0 aliphatic heterocycles. The van der Waals surface area contributed by atoms with Crippen LogP contribution < -0.4 is 0 Å². The van der Waals surface area contributed by atoms with Crippen LogP contribution >= 0.6 is 0 Å². The van der Waals surface area contributed by atoms with Gasteiger partial charge in [-0.15, -0.1) is 0 Å². The topological polar surface area (TPSA) is 26.3 Å². The van der Waals surface area contributed by atoms with E-state index in [1.165, 1.54) is 0 Å². The number of carbonyl (C=O) groups is 1. The molecule has 2 nitrogen and oxygen atoms in total. The standard InChI is InChI=1S/C13H2F18O2/c14-1-2(32)33-13(30,31)3-7(18,19)4(15)10(24,25)5(16,8(3,20)21)12(28,29)6(17,9(3,22)23)11(4,26)27/h1H2. The van der Waals surface area contributed by atoms with Crippen molar-refractivity contribution in [2.75, 3.05) is 6.67 Å². The Morgan fingerprint density at radius 3 is 1.00 bits per heavy atom. The third-order valence-corrected chi connectivity index (χ3v) is 6.09. The number of halogens is 18. The molecule has 0 amide bonds. The highest BCUT2D eigenvalue weighted by molar-refractivity contribution is 5.71. The van der Waals surface area contributed by atoms with E-state index in [1.807, 2.05) is 0 Å². The lowest BCUT2D eigenvalue weighted by Crippen LogP contribution is -3.09. The highest BCUT2D eigenvalue weighted by Gasteiger charge is 3.25. The largest absolute Gasteiger partial charge is 0.424 e. The fourth-order valence-electron chi connectivity index (χ4n) is 4.65. The van der Waals surface area contributed by atoms with Crippen LogP contribution in [0.2, 0.25) is 0 Å². The molecule has 4 aliphatic rings. The van der Waals surface area contributed by atoms with Gasteiger partial charge >= 0.3 is 64.6 Å². The smallest absolute Gasteiger partial charge is 0.398 e. The van der Waals surface area contributed by atoms with Crippen molar-refractivity contribution in [3.05, 3.63) is 0 Å². The fraction of sp³-hybridized carbons (Fsp3) is 0.923. The van der Waals surface area contributed by atoms with Gasteiger partial charge in [0.1, 0.15) is 0 Å². The summed E-state index contributed by atoms with van der Waals surface area (Å²) < 4.78 is 258. The highest BCUT2D eigenvalue weighted by Crippen LogP contribution is 2.92. The summed E-state index contributed by atoms with van der Waals surface area (Å²) in [7, 11) is 0. The van der Waals surface area contributed by atoms with Gasteiger partial charge in [0.15, 0.2) is 6.67 Å². The van der Waals surface area contributed by atoms with Gasteiger partial charge in [-0.1, -0.05) is 0 Å². The maximum absolute atomic E-state index is 14.7. The van der Waals surface area contributed by atoms with Gasteiger partial charge in [-0.3, -0.25) is 0 Å². The van der Waals surface area contributed by atoms with Crippen molar-refractivity contribution >= 4 is 5.97 Å². The normalized spacial score (nSPS) is 45.0. The maximum atomic E-state index is 14.7. The minimum absolute atomic E-state index is 2.20. The number of hydrogen-bond acceptors (Lipinski definition) is 2. The molecule has 20 heteroatoms. The molecule has 192 valence electrons. The molecular weight excluding hydrogens is 530 g/mol. The van der Waals surface area contributed by atoms with E-state index >= 15 is 0 Å². The van der Waals surface area contributed by atoms with E-state index in [0.717, 1.165) is 0 Å². The van der Waals surface area contributed by atoms with Crippen LogP contribution in [0.4, 0.5) is 79.0 Å². The van der Waals surface area contributed by atoms with E-state index in [-0.39, 0.29) is 0 Å². The van der Waals surface area contributed by atoms with Crippen LogP contribution in [0.1, 0.15) is 0 Å². The Hall–Kier alpha value is -1.79. The van der Waals surface area contributed by atoms with Crippen molar-refractivity contribution in [2.45, 2.75) is 58.7 Å². The fourth-order valence-corrected chi connectivity index (χ4v) is 4.65. The molecule has 4 fully saturated rings. The zero-order chi connectivity index (χ0) is 26.5. The predicted molar refractivity (Wildman–Crippen MR) is 60.6 cm³/mol. The van der Waals surface area contributed by atoms with Crippen LogP contribution in [0.15, 0.2) is 0 Å². The average Bonchev–Trinajstić information content (AvgIpc) is 2.60. The van der Waals surface area contributed by atoms with Gasteiger partial charge in [-0.2, -0.15) is 35.1 Å². The average molecular weight is 532 g/mol. The quantitative estimate of drug-likeness (QED) is 0.376. The van der Waals surface area contributed by atoms with Gasteiger partial charge in [0.2, 0.25) is 0 Å². The molecule has 0 aromatic heterocycles. The first-order valence-corrected chi connectivity index (χ1v) is 7.70. The van der Waals surface area contributed by atoms with E-state index in [2.05, 4.69) is 4.74 Å². The molecule has 0 atom stereocenters. The molecule has 0 saturated heterocycles. The van der Waals surface area contributed by atoms with Crippen molar-refractivity contribution in [1.82, 2.24) is 0 Å². The summed E-state index contributed by atoms with van der Waals surface area (Å²) in [6, 6.07) is 0. The Morgan fingerprint density at radius 2 is 0.788 bits per heavy atom. The summed E-state index contributed by atoms with van der Waals surface area (Å²) in [5, 5.41) is 0. The van der Waals surface area contributed by atoms with Gasteiger partial charge in [0.25, 0.3) is 5.41 Å². The van der Waals surface area contributed by atoms with Crippen LogP contribution in [-0.2, 0) is 9.53 Å². The van der Waals surface area contributed by atoms with Crippen LogP contribution in [0.3, 0.4) is 0 Å². The first kappa shape index (κ1) is 25.8. The van der Waals surface area contributed by atoms with Crippen LogP contribution in [-0.4, -0.2) is 71.3 Å².